The van der Waals surface area contributed by atoms with Gasteiger partial charge < -0.3 is 15.7 Å². The van der Waals surface area contributed by atoms with E-state index < -0.39 is 0 Å². The van der Waals surface area contributed by atoms with E-state index in [1.54, 1.807) is 0 Å². The highest BCUT2D eigenvalue weighted by molar-refractivity contribution is 5.85. The van der Waals surface area contributed by atoms with Crippen molar-refractivity contribution < 1.29 is 9.90 Å². The van der Waals surface area contributed by atoms with Crippen LogP contribution in [-0.2, 0) is 11.3 Å². The molecule has 0 radical (unpaired) electrons. The number of hydrogen-bond acceptors (Lipinski definition) is 4. The predicted octanol–water partition coefficient (Wildman–Crippen LogP) is 1.87. The van der Waals surface area contributed by atoms with Crippen LogP contribution in [0.25, 0.3) is 0 Å². The largest absolute Gasteiger partial charge is 0.395 e. The summed E-state index contributed by atoms with van der Waals surface area (Å²) in [4.78, 5) is 12.4. The first-order chi connectivity index (χ1) is 10.4. The van der Waals surface area contributed by atoms with Gasteiger partial charge in [-0.3, -0.25) is 4.79 Å². The van der Waals surface area contributed by atoms with E-state index >= 15 is 0 Å². The van der Waals surface area contributed by atoms with Gasteiger partial charge in [0.2, 0.25) is 0 Å². The van der Waals surface area contributed by atoms with Gasteiger partial charge in [-0.2, -0.15) is 0 Å². The number of benzene rings is 1. The molecule has 1 fully saturated rings. The summed E-state index contributed by atoms with van der Waals surface area (Å²) in [6, 6.07) is 10.1. The highest BCUT2D eigenvalue weighted by atomic mass is 16.3. The average Bonchev–Trinajstić information content (AvgIpc) is 2.88. The first-order valence-corrected chi connectivity index (χ1v) is 8.06. The number of nitrogens with one attached hydrogen (secondary N) is 2. The van der Waals surface area contributed by atoms with E-state index in [4.69, 9.17) is 0 Å². The van der Waals surface area contributed by atoms with Crippen LogP contribution in [0, 0.1) is 5.41 Å². The second kappa shape index (κ2) is 7.36. The Balaban J connectivity index is 1.90. The maximum absolute atomic E-state index is 12.4. The topological polar surface area (TPSA) is 61.4 Å². The van der Waals surface area contributed by atoms with Gasteiger partial charge in [-0.1, -0.05) is 51.1 Å². The summed E-state index contributed by atoms with van der Waals surface area (Å²) in [5.41, 5.74) is 1.21. The molecular weight excluding hydrogens is 276 g/mol. The zero-order chi connectivity index (χ0) is 16.2. The number of aliphatic hydroxyl groups excluding tert-OH is 1. The van der Waals surface area contributed by atoms with Gasteiger partial charge in [0.25, 0.3) is 0 Å². The molecule has 0 bridgehead atoms. The number of aliphatic hydroxyl groups is 1. The van der Waals surface area contributed by atoms with E-state index in [1.165, 1.54) is 5.56 Å². The average molecular weight is 304 g/mol. The normalized spacial score (nSPS) is 25.4. The minimum Gasteiger partial charge on any atom is -0.395 e. The maximum atomic E-state index is 12.4. The lowest BCUT2D eigenvalue weighted by atomic mass is 9.87. The number of carbonyl (C=O) groups excluding carboxylic acids is 1. The van der Waals surface area contributed by atoms with Crippen LogP contribution in [-0.4, -0.2) is 35.6 Å². The summed E-state index contributed by atoms with van der Waals surface area (Å²) in [6.45, 7) is 7.03. The summed E-state index contributed by atoms with van der Waals surface area (Å²) < 4.78 is 0. The first-order valence-electron chi connectivity index (χ1n) is 8.06. The van der Waals surface area contributed by atoms with Crippen molar-refractivity contribution in [2.75, 3.05) is 6.61 Å². The molecule has 4 heteroatoms. The highest BCUT2D eigenvalue weighted by Gasteiger charge is 2.37. The van der Waals surface area contributed by atoms with Crippen molar-refractivity contribution in [3.05, 3.63) is 35.9 Å². The fourth-order valence-electron chi connectivity index (χ4n) is 2.98. The summed E-state index contributed by atoms with van der Waals surface area (Å²) in [5, 5.41) is 16.3. The highest BCUT2D eigenvalue weighted by Crippen LogP contribution is 2.23. The zero-order valence-corrected chi connectivity index (χ0v) is 13.8. The molecule has 0 aliphatic carbocycles. The van der Waals surface area contributed by atoms with Crippen LogP contribution in [0.1, 0.15) is 39.2 Å². The van der Waals surface area contributed by atoms with Gasteiger partial charge in [-0.05, 0) is 17.4 Å². The molecule has 1 heterocycles. The number of carbonyl (C=O) groups is 1. The minimum absolute atomic E-state index is 0.00300. The molecule has 3 N–H and O–H groups in total. The first kappa shape index (κ1) is 17.1. The third-order valence-corrected chi connectivity index (χ3v) is 4.09. The van der Waals surface area contributed by atoms with Gasteiger partial charge in [0.1, 0.15) is 5.78 Å². The zero-order valence-electron chi connectivity index (χ0n) is 13.8. The Morgan fingerprint density at radius 3 is 2.59 bits per heavy atom. The summed E-state index contributed by atoms with van der Waals surface area (Å²) in [5.74, 6) is 0.245. The Bertz CT molecular complexity index is 482. The Kier molecular flexibility index (Phi) is 5.73. The Hall–Kier alpha value is -1.23. The molecule has 0 saturated carbocycles. The maximum Gasteiger partial charge on any atom is 0.150 e. The van der Waals surface area contributed by atoms with Crippen LogP contribution in [0.15, 0.2) is 30.3 Å². The van der Waals surface area contributed by atoms with Crippen molar-refractivity contribution in [3.63, 3.8) is 0 Å². The number of rotatable bonds is 6. The molecule has 0 amide bonds. The molecule has 1 aliphatic heterocycles. The standard InChI is InChI=1S/C18H28N2O2/c1-18(2,3)10-17(22)15-9-14(16(12-21)20-15)19-11-13-7-5-4-6-8-13/h4-8,14-16,19-21H,9-12H2,1-3H3. The van der Waals surface area contributed by atoms with E-state index in [9.17, 15) is 9.90 Å². The van der Waals surface area contributed by atoms with Crippen LogP contribution in [0.5, 0.6) is 0 Å². The summed E-state index contributed by atoms with van der Waals surface area (Å²) >= 11 is 0. The van der Waals surface area contributed by atoms with Crippen LogP contribution in [0.2, 0.25) is 0 Å². The molecule has 122 valence electrons. The number of ketones is 1. The van der Waals surface area contributed by atoms with Gasteiger partial charge in [0.05, 0.1) is 12.6 Å². The van der Waals surface area contributed by atoms with Crippen molar-refractivity contribution in [1.82, 2.24) is 10.6 Å². The lowest BCUT2D eigenvalue weighted by molar-refractivity contribution is -0.122. The second-order valence-corrected chi connectivity index (χ2v) is 7.42. The molecule has 0 aromatic heterocycles. The van der Waals surface area contributed by atoms with Crippen molar-refractivity contribution in [1.29, 1.82) is 0 Å². The van der Waals surface area contributed by atoms with E-state index in [1.807, 2.05) is 18.2 Å². The lowest BCUT2D eigenvalue weighted by Gasteiger charge is -2.20. The molecule has 1 saturated heterocycles. The summed E-state index contributed by atoms with van der Waals surface area (Å²) in [7, 11) is 0. The number of Topliss-reactive ketones (excluding diaryl/α,β-unsaturated/α-hetero) is 1. The molecule has 1 aromatic carbocycles. The lowest BCUT2D eigenvalue weighted by Crippen LogP contribution is -2.44. The van der Waals surface area contributed by atoms with Crippen LogP contribution >= 0.6 is 0 Å². The molecule has 22 heavy (non-hydrogen) atoms. The quantitative estimate of drug-likeness (QED) is 0.751. The summed E-state index contributed by atoms with van der Waals surface area (Å²) in [6.07, 6.45) is 1.31. The van der Waals surface area contributed by atoms with E-state index in [0.717, 1.165) is 13.0 Å². The minimum atomic E-state index is -0.148. The second-order valence-electron chi connectivity index (χ2n) is 7.42. The SMILES string of the molecule is CC(C)(C)CC(=O)C1CC(NCc2ccccc2)C(CO)N1. The molecule has 1 aromatic rings. The van der Waals surface area contributed by atoms with E-state index in [2.05, 4.69) is 43.5 Å². The van der Waals surface area contributed by atoms with Crippen LogP contribution in [0.3, 0.4) is 0 Å². The molecule has 3 unspecified atom stereocenters. The van der Waals surface area contributed by atoms with Crippen molar-refractivity contribution in [2.24, 2.45) is 5.41 Å². The van der Waals surface area contributed by atoms with E-state index in [-0.39, 0.29) is 35.9 Å². The molecular formula is C18H28N2O2. The van der Waals surface area contributed by atoms with Crippen molar-refractivity contribution in [2.45, 2.75) is 58.3 Å². The Morgan fingerprint density at radius 1 is 1.32 bits per heavy atom. The van der Waals surface area contributed by atoms with Gasteiger partial charge in [0, 0.05) is 25.0 Å². The molecule has 0 spiro atoms. The smallest absolute Gasteiger partial charge is 0.150 e. The van der Waals surface area contributed by atoms with Gasteiger partial charge >= 0.3 is 0 Å². The fourth-order valence-corrected chi connectivity index (χ4v) is 2.98. The van der Waals surface area contributed by atoms with Crippen molar-refractivity contribution in [3.8, 4) is 0 Å². The van der Waals surface area contributed by atoms with Crippen LogP contribution < -0.4 is 10.6 Å². The molecule has 2 rings (SSSR count). The Morgan fingerprint density at radius 2 is 2.00 bits per heavy atom. The monoisotopic (exact) mass is 304 g/mol. The van der Waals surface area contributed by atoms with E-state index in [0.29, 0.717) is 6.42 Å². The molecule has 4 nitrogen and oxygen atoms in total. The predicted molar refractivity (Wildman–Crippen MR) is 88.6 cm³/mol. The molecule has 1 aliphatic rings. The Labute approximate surface area is 133 Å². The van der Waals surface area contributed by atoms with Crippen LogP contribution in [0.4, 0.5) is 0 Å². The van der Waals surface area contributed by atoms with Gasteiger partial charge in [-0.15, -0.1) is 0 Å². The third kappa shape index (κ3) is 4.90. The van der Waals surface area contributed by atoms with Gasteiger partial charge in [-0.25, -0.2) is 0 Å². The van der Waals surface area contributed by atoms with Crippen molar-refractivity contribution >= 4 is 5.78 Å². The fraction of sp³-hybridized carbons (Fsp3) is 0.611. The third-order valence-electron chi connectivity index (χ3n) is 4.09. The molecule has 3 atom stereocenters. The number of hydrogen-bond donors (Lipinski definition) is 3. The van der Waals surface area contributed by atoms with Gasteiger partial charge in [0.15, 0.2) is 0 Å².